The summed E-state index contributed by atoms with van der Waals surface area (Å²) in [5.74, 6) is 0.0267. The molecule has 3 aromatic carbocycles. The maximum Gasteiger partial charge on any atom is 0.193 e. The molecule has 0 aliphatic heterocycles. The van der Waals surface area contributed by atoms with E-state index in [1.807, 2.05) is 72.8 Å². The van der Waals surface area contributed by atoms with Crippen molar-refractivity contribution in [3.63, 3.8) is 0 Å². The summed E-state index contributed by atoms with van der Waals surface area (Å²) in [4.78, 5) is 12.8. The van der Waals surface area contributed by atoms with Gasteiger partial charge in [-0.3, -0.25) is 4.79 Å². The molecule has 0 fully saturated rings. The van der Waals surface area contributed by atoms with Crippen LogP contribution in [0.1, 0.15) is 15.9 Å². The van der Waals surface area contributed by atoms with Gasteiger partial charge in [0.25, 0.3) is 0 Å². The summed E-state index contributed by atoms with van der Waals surface area (Å²) >= 11 is 6.89. The Morgan fingerprint density at radius 1 is 0.727 bits per heavy atom. The molecule has 0 N–H and O–H groups in total. The lowest BCUT2D eigenvalue weighted by Crippen LogP contribution is -2.03. The second-order valence-electron chi connectivity index (χ2n) is 4.89. The minimum absolute atomic E-state index is 0.0267. The van der Waals surface area contributed by atoms with Crippen LogP contribution in [0.4, 0.5) is 0 Å². The molecule has 3 heteroatoms. The third-order valence-corrected chi connectivity index (χ3v) is 4.44. The van der Waals surface area contributed by atoms with E-state index in [9.17, 15) is 4.79 Å². The minimum atomic E-state index is 0.0267. The molecule has 0 aliphatic carbocycles. The number of carbonyl (C=O) groups is 1. The number of benzene rings is 3. The first-order valence-electron chi connectivity index (χ1n) is 6.80. The van der Waals surface area contributed by atoms with Crippen molar-refractivity contribution in [2.75, 3.05) is 0 Å². The molecule has 0 radical (unpaired) electrons. The Morgan fingerprint density at radius 2 is 1.36 bits per heavy atom. The van der Waals surface area contributed by atoms with Crippen LogP contribution in [-0.2, 0) is 0 Å². The Bertz CT molecular complexity index is 809. The molecule has 0 saturated carbocycles. The lowest BCUT2D eigenvalue weighted by atomic mass is 9.94. The van der Waals surface area contributed by atoms with E-state index >= 15 is 0 Å². The summed E-state index contributed by atoms with van der Waals surface area (Å²) in [5, 5.41) is 0. The van der Waals surface area contributed by atoms with Gasteiger partial charge in [0.1, 0.15) is 0 Å². The fraction of sp³-hybridized carbons (Fsp3) is 0. The molecule has 0 atom stereocenters. The molecular formula is C19H12Br2O. The summed E-state index contributed by atoms with van der Waals surface area (Å²) in [6.07, 6.45) is 0. The zero-order valence-corrected chi connectivity index (χ0v) is 14.8. The van der Waals surface area contributed by atoms with Gasteiger partial charge in [0.2, 0.25) is 0 Å². The van der Waals surface area contributed by atoms with Crippen LogP contribution in [0.25, 0.3) is 11.1 Å². The topological polar surface area (TPSA) is 17.1 Å². The Labute approximate surface area is 146 Å². The fourth-order valence-electron chi connectivity index (χ4n) is 2.33. The van der Waals surface area contributed by atoms with Crippen LogP contribution in [0.2, 0.25) is 0 Å². The molecular weight excluding hydrogens is 404 g/mol. The summed E-state index contributed by atoms with van der Waals surface area (Å²) < 4.78 is 1.92. The molecule has 108 valence electrons. The third kappa shape index (κ3) is 3.21. The standard InChI is InChI=1S/C19H12Br2O/c20-15-8-6-14(7-9-15)19(22)17-11-10-16(21)12-18(17)13-4-2-1-3-5-13/h1-12H. The Kier molecular flexibility index (Phi) is 4.55. The Hall–Kier alpha value is -1.71. The molecule has 1 nitrogen and oxygen atoms in total. The Balaban J connectivity index is 2.11. The average Bonchev–Trinajstić information content (AvgIpc) is 2.56. The summed E-state index contributed by atoms with van der Waals surface area (Å²) in [6, 6.07) is 23.2. The second-order valence-corrected chi connectivity index (χ2v) is 6.72. The molecule has 0 spiro atoms. The molecule has 0 aromatic heterocycles. The number of carbonyl (C=O) groups excluding carboxylic acids is 1. The normalized spacial score (nSPS) is 10.5. The van der Waals surface area contributed by atoms with Crippen molar-refractivity contribution >= 4 is 37.6 Å². The van der Waals surface area contributed by atoms with Gasteiger partial charge in [-0.05, 0) is 53.6 Å². The maximum absolute atomic E-state index is 12.8. The van der Waals surface area contributed by atoms with Gasteiger partial charge < -0.3 is 0 Å². The highest BCUT2D eigenvalue weighted by molar-refractivity contribution is 9.10. The van der Waals surface area contributed by atoms with Gasteiger partial charge in [-0.15, -0.1) is 0 Å². The van der Waals surface area contributed by atoms with Gasteiger partial charge in [-0.2, -0.15) is 0 Å². The highest BCUT2D eigenvalue weighted by Gasteiger charge is 2.15. The van der Waals surface area contributed by atoms with E-state index < -0.39 is 0 Å². The molecule has 0 heterocycles. The molecule has 0 amide bonds. The number of hydrogen-bond donors (Lipinski definition) is 0. The first-order valence-corrected chi connectivity index (χ1v) is 8.39. The SMILES string of the molecule is O=C(c1ccc(Br)cc1)c1ccc(Br)cc1-c1ccccc1. The van der Waals surface area contributed by atoms with E-state index in [-0.39, 0.29) is 5.78 Å². The lowest BCUT2D eigenvalue weighted by molar-refractivity contribution is 0.103. The van der Waals surface area contributed by atoms with Gasteiger partial charge in [0.05, 0.1) is 0 Å². The predicted octanol–water partition coefficient (Wildman–Crippen LogP) is 6.11. The van der Waals surface area contributed by atoms with Crippen molar-refractivity contribution in [2.45, 2.75) is 0 Å². The number of halogens is 2. The third-order valence-electron chi connectivity index (χ3n) is 3.42. The molecule has 22 heavy (non-hydrogen) atoms. The van der Waals surface area contributed by atoms with Gasteiger partial charge in [-0.1, -0.05) is 62.2 Å². The van der Waals surface area contributed by atoms with Crippen LogP contribution in [0.15, 0.2) is 81.7 Å². The van der Waals surface area contributed by atoms with E-state index in [0.717, 1.165) is 20.1 Å². The van der Waals surface area contributed by atoms with E-state index in [1.165, 1.54) is 0 Å². The number of rotatable bonds is 3. The lowest BCUT2D eigenvalue weighted by Gasteiger charge is -2.10. The van der Waals surface area contributed by atoms with Crippen LogP contribution in [0.5, 0.6) is 0 Å². The molecule has 0 unspecified atom stereocenters. The predicted molar refractivity (Wildman–Crippen MR) is 97.2 cm³/mol. The minimum Gasteiger partial charge on any atom is -0.289 e. The Morgan fingerprint density at radius 3 is 2.05 bits per heavy atom. The van der Waals surface area contributed by atoms with Gasteiger partial charge in [0, 0.05) is 20.1 Å². The molecule has 3 rings (SSSR count). The largest absolute Gasteiger partial charge is 0.289 e. The van der Waals surface area contributed by atoms with Crippen LogP contribution in [0, 0.1) is 0 Å². The number of hydrogen-bond acceptors (Lipinski definition) is 1. The van der Waals surface area contributed by atoms with Crippen molar-refractivity contribution in [3.8, 4) is 11.1 Å². The summed E-state index contributed by atoms with van der Waals surface area (Å²) in [7, 11) is 0. The summed E-state index contributed by atoms with van der Waals surface area (Å²) in [5.41, 5.74) is 3.35. The van der Waals surface area contributed by atoms with Crippen molar-refractivity contribution in [1.29, 1.82) is 0 Å². The van der Waals surface area contributed by atoms with Crippen LogP contribution >= 0.6 is 31.9 Å². The fourth-order valence-corrected chi connectivity index (χ4v) is 2.95. The van der Waals surface area contributed by atoms with E-state index in [1.54, 1.807) is 0 Å². The zero-order valence-electron chi connectivity index (χ0n) is 11.6. The molecule has 0 bridgehead atoms. The zero-order chi connectivity index (χ0) is 15.5. The van der Waals surface area contributed by atoms with Crippen molar-refractivity contribution in [2.24, 2.45) is 0 Å². The molecule has 0 saturated heterocycles. The van der Waals surface area contributed by atoms with Gasteiger partial charge in [-0.25, -0.2) is 0 Å². The van der Waals surface area contributed by atoms with Gasteiger partial charge in [0.15, 0.2) is 5.78 Å². The smallest absolute Gasteiger partial charge is 0.193 e. The maximum atomic E-state index is 12.8. The first-order chi connectivity index (χ1) is 10.6. The van der Waals surface area contributed by atoms with Gasteiger partial charge >= 0.3 is 0 Å². The van der Waals surface area contributed by atoms with Crippen molar-refractivity contribution < 1.29 is 4.79 Å². The van der Waals surface area contributed by atoms with Crippen molar-refractivity contribution in [1.82, 2.24) is 0 Å². The van der Waals surface area contributed by atoms with E-state index in [0.29, 0.717) is 11.1 Å². The second kappa shape index (κ2) is 6.59. The van der Waals surface area contributed by atoms with Crippen LogP contribution in [-0.4, -0.2) is 5.78 Å². The van der Waals surface area contributed by atoms with E-state index in [2.05, 4.69) is 31.9 Å². The van der Waals surface area contributed by atoms with E-state index in [4.69, 9.17) is 0 Å². The van der Waals surface area contributed by atoms with Crippen LogP contribution in [0.3, 0.4) is 0 Å². The monoisotopic (exact) mass is 414 g/mol. The summed E-state index contributed by atoms with van der Waals surface area (Å²) in [6.45, 7) is 0. The highest BCUT2D eigenvalue weighted by Crippen LogP contribution is 2.29. The quantitative estimate of drug-likeness (QED) is 0.471. The molecule has 3 aromatic rings. The highest BCUT2D eigenvalue weighted by atomic mass is 79.9. The first kappa shape index (κ1) is 15.2. The molecule has 0 aliphatic rings. The average molecular weight is 416 g/mol. The number of ketones is 1. The van der Waals surface area contributed by atoms with Crippen LogP contribution < -0.4 is 0 Å². The van der Waals surface area contributed by atoms with Crippen molar-refractivity contribution in [3.05, 3.63) is 92.9 Å².